The number of benzene rings is 4. The largest absolute Gasteiger partial charge is 0.352 e. The monoisotopic (exact) mass is 657 g/mol. The van der Waals surface area contributed by atoms with Crippen LogP contribution in [-0.2, 0) is 32.6 Å². The van der Waals surface area contributed by atoms with Crippen molar-refractivity contribution in [1.29, 1.82) is 0 Å². The first-order valence-corrected chi connectivity index (χ1v) is 17.5. The van der Waals surface area contributed by atoms with Crippen molar-refractivity contribution in [3.63, 3.8) is 0 Å². The molecule has 0 spiro atoms. The fourth-order valence-electron chi connectivity index (χ4n) is 5.88. The molecule has 0 bridgehead atoms. The van der Waals surface area contributed by atoms with Gasteiger partial charge in [0.2, 0.25) is 11.8 Å². The second-order valence-electron chi connectivity index (χ2n) is 11.9. The van der Waals surface area contributed by atoms with Crippen LogP contribution in [0.3, 0.4) is 0 Å². The number of sulfonamides is 1. The molecule has 0 aliphatic heterocycles. The topological polar surface area (TPSA) is 86.8 Å². The van der Waals surface area contributed by atoms with Gasteiger partial charge in [0, 0.05) is 24.0 Å². The van der Waals surface area contributed by atoms with Crippen molar-refractivity contribution in [2.75, 3.05) is 10.8 Å². The first-order chi connectivity index (χ1) is 22.1. The highest BCUT2D eigenvalue weighted by Crippen LogP contribution is 2.29. The number of amides is 2. The van der Waals surface area contributed by atoms with Gasteiger partial charge in [-0.1, -0.05) is 103 Å². The zero-order chi connectivity index (χ0) is 32.7. The van der Waals surface area contributed by atoms with Crippen LogP contribution in [0, 0.1) is 13.8 Å². The summed E-state index contributed by atoms with van der Waals surface area (Å²) in [6.07, 6.45) is 4.16. The second kappa shape index (κ2) is 15.0. The number of rotatable bonds is 12. The molecular weight excluding hydrogens is 618 g/mol. The van der Waals surface area contributed by atoms with Gasteiger partial charge in [-0.3, -0.25) is 13.9 Å². The van der Waals surface area contributed by atoms with Crippen molar-refractivity contribution in [3.05, 3.63) is 130 Å². The maximum Gasteiger partial charge on any atom is 0.264 e. The van der Waals surface area contributed by atoms with Gasteiger partial charge in [0.25, 0.3) is 10.0 Å². The Labute approximate surface area is 277 Å². The molecule has 7 nitrogen and oxygen atoms in total. The summed E-state index contributed by atoms with van der Waals surface area (Å²) in [5, 5.41) is 3.59. The van der Waals surface area contributed by atoms with Crippen molar-refractivity contribution in [2.24, 2.45) is 0 Å². The second-order valence-corrected chi connectivity index (χ2v) is 14.2. The zero-order valence-electron chi connectivity index (χ0n) is 26.2. The lowest BCUT2D eigenvalue weighted by Gasteiger charge is -2.34. The van der Waals surface area contributed by atoms with Crippen LogP contribution in [0.5, 0.6) is 0 Å². The molecule has 1 unspecified atom stereocenters. The standard InChI is InChI=1S/C37H40ClN3O4S/c1-27-13-9-10-16-30(27)25-40(35(23-29-14-5-3-6-15-29)37(43)39-31-17-11-12-18-31)36(42)26-41(32-22-21-28(2)34(38)24-32)46(44,45)33-19-7-4-8-20-33/h3-10,13-16,19-22,24,31,35H,11-12,17-18,23,25-26H2,1-2H3,(H,39,43). The number of hydrogen-bond donors (Lipinski definition) is 1. The lowest BCUT2D eigenvalue weighted by molar-refractivity contribution is -0.140. The molecule has 0 radical (unpaired) electrons. The van der Waals surface area contributed by atoms with E-state index in [1.165, 1.54) is 12.1 Å². The third-order valence-corrected chi connectivity index (χ3v) is 10.8. The van der Waals surface area contributed by atoms with Crippen LogP contribution in [0.25, 0.3) is 0 Å². The Balaban J connectivity index is 1.58. The van der Waals surface area contributed by atoms with Crippen LogP contribution in [-0.4, -0.2) is 43.8 Å². The molecule has 1 fully saturated rings. The number of halogens is 1. The minimum atomic E-state index is -4.19. The number of carbonyl (C=O) groups excluding carboxylic acids is 2. The van der Waals surface area contributed by atoms with Crippen molar-refractivity contribution in [1.82, 2.24) is 10.2 Å². The fraction of sp³-hybridized carbons (Fsp3) is 0.297. The first-order valence-electron chi connectivity index (χ1n) is 15.7. The van der Waals surface area contributed by atoms with Gasteiger partial charge in [-0.25, -0.2) is 8.42 Å². The predicted octanol–water partition coefficient (Wildman–Crippen LogP) is 6.85. The number of hydrogen-bond acceptors (Lipinski definition) is 4. The zero-order valence-corrected chi connectivity index (χ0v) is 27.8. The van der Waals surface area contributed by atoms with Gasteiger partial charge in [0.05, 0.1) is 10.6 Å². The fourth-order valence-corrected chi connectivity index (χ4v) is 7.48. The molecule has 1 saturated carbocycles. The van der Waals surface area contributed by atoms with E-state index in [4.69, 9.17) is 11.6 Å². The highest BCUT2D eigenvalue weighted by atomic mass is 35.5. The summed E-state index contributed by atoms with van der Waals surface area (Å²) >= 11 is 6.47. The van der Waals surface area contributed by atoms with Crippen LogP contribution in [0.2, 0.25) is 5.02 Å². The Kier molecular flexibility index (Phi) is 10.8. The van der Waals surface area contributed by atoms with Crippen LogP contribution in [0.4, 0.5) is 5.69 Å². The van der Waals surface area contributed by atoms with Gasteiger partial charge in [0.1, 0.15) is 12.6 Å². The number of nitrogens with zero attached hydrogens (tertiary/aromatic N) is 2. The Bertz CT molecular complexity index is 1760. The van der Waals surface area contributed by atoms with Crippen LogP contribution in [0.1, 0.15) is 47.9 Å². The van der Waals surface area contributed by atoms with Crippen molar-refractivity contribution in [3.8, 4) is 0 Å². The summed E-state index contributed by atoms with van der Waals surface area (Å²) in [6, 6.07) is 29.4. The minimum Gasteiger partial charge on any atom is -0.352 e. The van der Waals surface area contributed by atoms with Gasteiger partial charge in [-0.2, -0.15) is 0 Å². The molecule has 46 heavy (non-hydrogen) atoms. The predicted molar refractivity (Wildman–Crippen MR) is 183 cm³/mol. The average molecular weight is 658 g/mol. The Hall–Kier alpha value is -4.14. The number of nitrogens with one attached hydrogen (secondary N) is 1. The van der Waals surface area contributed by atoms with Crippen LogP contribution >= 0.6 is 11.6 Å². The van der Waals surface area contributed by atoms with Crippen LogP contribution in [0.15, 0.2) is 108 Å². The van der Waals surface area contributed by atoms with Gasteiger partial charge in [-0.15, -0.1) is 0 Å². The summed E-state index contributed by atoms with van der Waals surface area (Å²) in [5.41, 5.74) is 3.78. The Morgan fingerprint density at radius 2 is 1.48 bits per heavy atom. The van der Waals surface area contributed by atoms with E-state index in [1.54, 1.807) is 41.3 Å². The molecule has 4 aromatic rings. The summed E-state index contributed by atoms with van der Waals surface area (Å²) in [6.45, 7) is 3.40. The quantitative estimate of drug-likeness (QED) is 0.181. The van der Waals surface area contributed by atoms with Gasteiger partial charge in [0.15, 0.2) is 0 Å². The van der Waals surface area contributed by atoms with E-state index in [-0.39, 0.29) is 35.5 Å². The minimum absolute atomic E-state index is 0.0461. The lowest BCUT2D eigenvalue weighted by Crippen LogP contribution is -2.54. The normalized spacial score (nSPS) is 14.1. The van der Waals surface area contributed by atoms with E-state index in [2.05, 4.69) is 5.32 Å². The van der Waals surface area contributed by atoms with E-state index < -0.39 is 28.5 Å². The Morgan fingerprint density at radius 1 is 0.848 bits per heavy atom. The third kappa shape index (κ3) is 7.98. The molecule has 9 heteroatoms. The third-order valence-electron chi connectivity index (χ3n) is 8.63. The number of carbonyl (C=O) groups is 2. The summed E-state index contributed by atoms with van der Waals surface area (Å²) in [4.78, 5) is 30.4. The van der Waals surface area contributed by atoms with E-state index in [1.807, 2.05) is 68.4 Å². The molecular formula is C37H40ClN3O4S. The summed E-state index contributed by atoms with van der Waals surface area (Å²) < 4.78 is 29.4. The summed E-state index contributed by atoms with van der Waals surface area (Å²) in [7, 11) is -4.19. The molecule has 0 aromatic heterocycles. The molecule has 0 saturated heterocycles. The van der Waals surface area contributed by atoms with Gasteiger partial charge >= 0.3 is 0 Å². The number of anilines is 1. The molecule has 240 valence electrons. The smallest absolute Gasteiger partial charge is 0.264 e. The maximum absolute atomic E-state index is 14.7. The highest BCUT2D eigenvalue weighted by molar-refractivity contribution is 7.92. The molecule has 1 aliphatic carbocycles. The molecule has 2 amide bonds. The lowest BCUT2D eigenvalue weighted by atomic mass is 10.0. The molecule has 5 rings (SSSR count). The maximum atomic E-state index is 14.7. The molecule has 4 aromatic carbocycles. The number of aryl methyl sites for hydroxylation is 2. The van der Waals surface area contributed by atoms with E-state index in [0.29, 0.717) is 5.02 Å². The SMILES string of the molecule is Cc1ccc(N(CC(=O)N(Cc2ccccc2C)C(Cc2ccccc2)C(=O)NC2CCCC2)S(=O)(=O)c2ccccc2)cc1Cl. The van der Waals surface area contributed by atoms with Crippen molar-refractivity contribution >= 4 is 39.1 Å². The van der Waals surface area contributed by atoms with E-state index in [0.717, 1.165) is 52.2 Å². The average Bonchev–Trinajstić information content (AvgIpc) is 3.57. The summed E-state index contributed by atoms with van der Waals surface area (Å²) in [5.74, 6) is -0.740. The molecule has 1 N–H and O–H groups in total. The van der Waals surface area contributed by atoms with Gasteiger partial charge < -0.3 is 10.2 Å². The van der Waals surface area contributed by atoms with E-state index in [9.17, 15) is 18.0 Å². The molecule has 0 heterocycles. The molecule has 1 aliphatic rings. The van der Waals surface area contributed by atoms with Crippen molar-refractivity contribution < 1.29 is 18.0 Å². The highest BCUT2D eigenvalue weighted by Gasteiger charge is 2.35. The first kappa shape index (κ1) is 33.2. The van der Waals surface area contributed by atoms with Crippen LogP contribution < -0.4 is 9.62 Å². The van der Waals surface area contributed by atoms with Crippen molar-refractivity contribution in [2.45, 2.75) is 69.5 Å². The van der Waals surface area contributed by atoms with E-state index >= 15 is 0 Å². The Morgan fingerprint density at radius 3 is 2.13 bits per heavy atom. The molecule has 1 atom stereocenters. The van der Waals surface area contributed by atoms with Gasteiger partial charge in [-0.05, 0) is 73.2 Å².